The zero-order chi connectivity index (χ0) is 20.4. The molecule has 1 heterocycles. The quantitative estimate of drug-likeness (QED) is 0.868. The third-order valence-corrected chi connectivity index (χ3v) is 6.30. The Labute approximate surface area is 171 Å². The SMILES string of the molecule is CC(NC(=O)c1ccc(-c2ccccc2)c(C#N)c1)C(=O)N1CCC2(CC1)CC2. The fourth-order valence-corrected chi connectivity index (χ4v) is 4.14. The molecule has 29 heavy (non-hydrogen) atoms. The summed E-state index contributed by atoms with van der Waals surface area (Å²) in [6.07, 6.45) is 4.74. The molecule has 5 heteroatoms. The highest BCUT2D eigenvalue weighted by Gasteiger charge is 2.45. The summed E-state index contributed by atoms with van der Waals surface area (Å²) in [5.41, 5.74) is 3.05. The monoisotopic (exact) mass is 387 g/mol. The van der Waals surface area contributed by atoms with E-state index in [0.717, 1.165) is 37.1 Å². The number of benzene rings is 2. The standard InChI is InChI=1S/C24H25N3O2/c1-17(23(29)27-13-11-24(9-10-24)12-14-27)26-22(28)19-7-8-21(20(15-19)16-25)18-5-3-2-4-6-18/h2-8,15,17H,9-14H2,1H3,(H,26,28). The molecular weight excluding hydrogens is 362 g/mol. The van der Waals surface area contributed by atoms with Gasteiger partial charge in [0.2, 0.25) is 5.91 Å². The first kappa shape index (κ1) is 19.2. The van der Waals surface area contributed by atoms with Crippen molar-refractivity contribution in [2.75, 3.05) is 13.1 Å². The Bertz CT molecular complexity index is 963. The third kappa shape index (κ3) is 4.02. The van der Waals surface area contributed by atoms with Gasteiger partial charge in [-0.25, -0.2) is 0 Å². The predicted octanol–water partition coefficient (Wildman–Crippen LogP) is 3.75. The van der Waals surface area contributed by atoms with Crippen LogP contribution in [0.1, 0.15) is 48.5 Å². The second-order valence-electron chi connectivity index (χ2n) is 8.26. The van der Waals surface area contributed by atoms with E-state index < -0.39 is 6.04 Å². The molecule has 2 aromatic carbocycles. The highest BCUT2D eigenvalue weighted by atomic mass is 16.2. The number of amides is 2. The molecule has 1 aliphatic carbocycles. The molecule has 1 saturated heterocycles. The van der Waals surface area contributed by atoms with Crippen molar-refractivity contribution in [3.63, 3.8) is 0 Å². The lowest BCUT2D eigenvalue weighted by molar-refractivity contribution is -0.134. The molecule has 1 unspecified atom stereocenters. The van der Waals surface area contributed by atoms with Gasteiger partial charge in [-0.2, -0.15) is 5.26 Å². The molecule has 1 aliphatic heterocycles. The molecule has 4 rings (SSSR count). The van der Waals surface area contributed by atoms with Crippen molar-refractivity contribution >= 4 is 11.8 Å². The topological polar surface area (TPSA) is 73.2 Å². The van der Waals surface area contributed by atoms with Crippen LogP contribution in [-0.2, 0) is 4.79 Å². The maximum atomic E-state index is 12.7. The van der Waals surface area contributed by atoms with Gasteiger partial charge in [0.1, 0.15) is 6.04 Å². The fourth-order valence-electron chi connectivity index (χ4n) is 4.14. The maximum Gasteiger partial charge on any atom is 0.251 e. The fraction of sp³-hybridized carbons (Fsp3) is 0.375. The number of carbonyl (C=O) groups is 2. The zero-order valence-corrected chi connectivity index (χ0v) is 16.6. The van der Waals surface area contributed by atoms with Crippen molar-refractivity contribution in [1.82, 2.24) is 10.2 Å². The number of nitriles is 1. The van der Waals surface area contributed by atoms with Crippen LogP contribution < -0.4 is 5.32 Å². The number of nitrogens with one attached hydrogen (secondary N) is 1. The Kier molecular flexibility index (Phi) is 5.10. The molecule has 1 atom stereocenters. The molecule has 148 valence electrons. The van der Waals surface area contributed by atoms with Crippen LogP contribution in [0.4, 0.5) is 0 Å². The second kappa shape index (κ2) is 7.71. The Morgan fingerprint density at radius 2 is 1.76 bits per heavy atom. The summed E-state index contributed by atoms with van der Waals surface area (Å²) >= 11 is 0. The van der Waals surface area contributed by atoms with E-state index in [4.69, 9.17) is 0 Å². The molecule has 0 radical (unpaired) electrons. The highest BCUT2D eigenvalue weighted by molar-refractivity contribution is 5.98. The first-order chi connectivity index (χ1) is 14.0. The van der Waals surface area contributed by atoms with E-state index in [9.17, 15) is 14.9 Å². The van der Waals surface area contributed by atoms with E-state index in [-0.39, 0.29) is 11.8 Å². The average molecular weight is 387 g/mol. The lowest BCUT2D eigenvalue weighted by atomic mass is 9.93. The smallest absolute Gasteiger partial charge is 0.251 e. The summed E-state index contributed by atoms with van der Waals surface area (Å²) in [5.74, 6) is -0.368. The van der Waals surface area contributed by atoms with Crippen LogP contribution in [0.3, 0.4) is 0 Å². The molecule has 2 aromatic rings. The van der Waals surface area contributed by atoms with Gasteiger partial charge in [-0.05, 0) is 61.3 Å². The van der Waals surface area contributed by atoms with Crippen molar-refractivity contribution < 1.29 is 9.59 Å². The van der Waals surface area contributed by atoms with Crippen LogP contribution in [0.5, 0.6) is 0 Å². The summed E-state index contributed by atoms with van der Waals surface area (Å²) in [4.78, 5) is 27.3. The first-order valence-corrected chi connectivity index (χ1v) is 10.2. The van der Waals surface area contributed by atoms with Crippen LogP contribution >= 0.6 is 0 Å². The minimum Gasteiger partial charge on any atom is -0.341 e. The van der Waals surface area contributed by atoms with E-state index in [1.807, 2.05) is 35.2 Å². The van der Waals surface area contributed by atoms with Gasteiger partial charge >= 0.3 is 0 Å². The lowest BCUT2D eigenvalue weighted by Crippen LogP contribution is -2.49. The number of hydrogen-bond donors (Lipinski definition) is 1. The summed E-state index contributed by atoms with van der Waals surface area (Å²) in [7, 11) is 0. The van der Waals surface area contributed by atoms with Crippen molar-refractivity contribution in [2.24, 2.45) is 5.41 Å². The molecule has 2 amide bonds. The number of rotatable bonds is 4. The van der Waals surface area contributed by atoms with Crippen molar-refractivity contribution in [3.05, 3.63) is 59.7 Å². The molecule has 1 spiro atoms. The van der Waals surface area contributed by atoms with Gasteiger partial charge in [-0.1, -0.05) is 36.4 Å². The molecule has 0 aromatic heterocycles. The van der Waals surface area contributed by atoms with Crippen LogP contribution in [0.15, 0.2) is 48.5 Å². The van der Waals surface area contributed by atoms with Gasteiger partial charge in [0.25, 0.3) is 5.91 Å². The Morgan fingerprint density at radius 1 is 1.07 bits per heavy atom. The number of carbonyl (C=O) groups excluding carboxylic acids is 2. The minimum atomic E-state index is -0.588. The van der Waals surface area contributed by atoms with Crippen molar-refractivity contribution in [1.29, 1.82) is 5.26 Å². The molecule has 1 saturated carbocycles. The van der Waals surface area contributed by atoms with E-state index >= 15 is 0 Å². The van der Waals surface area contributed by atoms with Crippen LogP contribution in [-0.4, -0.2) is 35.8 Å². The van der Waals surface area contributed by atoms with Crippen LogP contribution in [0.2, 0.25) is 0 Å². The summed E-state index contributed by atoms with van der Waals surface area (Å²) < 4.78 is 0. The van der Waals surface area contributed by atoms with Crippen molar-refractivity contribution in [3.8, 4) is 17.2 Å². The Morgan fingerprint density at radius 3 is 2.38 bits per heavy atom. The third-order valence-electron chi connectivity index (χ3n) is 6.30. The molecule has 5 nitrogen and oxygen atoms in total. The number of likely N-dealkylation sites (tertiary alicyclic amines) is 1. The maximum absolute atomic E-state index is 12.7. The van der Waals surface area contributed by atoms with E-state index in [1.54, 1.807) is 25.1 Å². The van der Waals surface area contributed by atoms with Crippen LogP contribution in [0, 0.1) is 16.7 Å². The lowest BCUT2D eigenvalue weighted by Gasteiger charge is -2.33. The molecular formula is C24H25N3O2. The van der Waals surface area contributed by atoms with E-state index in [1.165, 1.54) is 12.8 Å². The number of nitrogens with zero attached hydrogens (tertiary/aromatic N) is 2. The first-order valence-electron chi connectivity index (χ1n) is 10.2. The Hall–Kier alpha value is -3.13. The van der Waals surface area contributed by atoms with Crippen molar-refractivity contribution in [2.45, 2.75) is 38.6 Å². The summed E-state index contributed by atoms with van der Waals surface area (Å²) in [6, 6.07) is 16.3. The molecule has 0 bridgehead atoms. The minimum absolute atomic E-state index is 0.0322. The molecule has 2 fully saturated rings. The van der Waals surface area contributed by atoms with Gasteiger partial charge < -0.3 is 10.2 Å². The van der Waals surface area contributed by atoms with Crippen LogP contribution in [0.25, 0.3) is 11.1 Å². The summed E-state index contributed by atoms with van der Waals surface area (Å²) in [6.45, 7) is 3.29. The molecule has 1 N–H and O–H groups in total. The number of piperidine rings is 1. The van der Waals surface area contributed by atoms with Gasteiger partial charge in [0, 0.05) is 18.7 Å². The van der Waals surface area contributed by atoms with E-state index in [0.29, 0.717) is 16.5 Å². The zero-order valence-electron chi connectivity index (χ0n) is 16.6. The van der Waals surface area contributed by atoms with Gasteiger partial charge in [-0.3, -0.25) is 9.59 Å². The second-order valence-corrected chi connectivity index (χ2v) is 8.26. The van der Waals surface area contributed by atoms with E-state index in [2.05, 4.69) is 11.4 Å². The largest absolute Gasteiger partial charge is 0.341 e. The number of hydrogen-bond acceptors (Lipinski definition) is 3. The highest BCUT2D eigenvalue weighted by Crippen LogP contribution is 2.53. The molecule has 2 aliphatic rings. The Balaban J connectivity index is 1.42. The average Bonchev–Trinajstić information content (AvgIpc) is 3.52. The normalized spacial score (nSPS) is 18.0. The van der Waals surface area contributed by atoms with Gasteiger partial charge in [0.15, 0.2) is 0 Å². The summed E-state index contributed by atoms with van der Waals surface area (Å²) in [5, 5.41) is 12.3. The predicted molar refractivity (Wildman–Crippen MR) is 111 cm³/mol. The van der Waals surface area contributed by atoms with Gasteiger partial charge in [0.05, 0.1) is 11.6 Å². The van der Waals surface area contributed by atoms with Gasteiger partial charge in [-0.15, -0.1) is 0 Å².